The minimum absolute atomic E-state index is 0.0138. The molecule has 1 heterocycles. The van der Waals surface area contributed by atoms with Crippen molar-refractivity contribution in [2.24, 2.45) is 0 Å². The van der Waals surface area contributed by atoms with E-state index in [-0.39, 0.29) is 37.7 Å². The Morgan fingerprint density at radius 1 is 0.522 bits per heavy atom. The summed E-state index contributed by atoms with van der Waals surface area (Å²) in [6.07, 6.45) is -3.89. The van der Waals surface area contributed by atoms with Gasteiger partial charge in [0.1, 0.15) is 64.8 Å². The fourth-order valence-electron chi connectivity index (χ4n) is 9.10. The molecule has 67 heavy (non-hydrogen) atoms. The number of carboxylic acid groups (broad SMARTS) is 1. The third kappa shape index (κ3) is 9.90. The number of benzene rings is 7. The normalized spacial score (nSPS) is 18.1. The average Bonchev–Trinajstić information content (AvgIpc) is 3.36. The maximum absolute atomic E-state index is 12.8. The third-order valence-corrected chi connectivity index (χ3v) is 12.2. The van der Waals surface area contributed by atoms with Gasteiger partial charge in [-0.1, -0.05) is 121 Å². The van der Waals surface area contributed by atoms with Crippen molar-refractivity contribution in [3.8, 4) is 28.7 Å². The Labute approximate surface area is 390 Å². The van der Waals surface area contributed by atoms with Gasteiger partial charge in [-0.05, 0) is 46.9 Å². The Morgan fingerprint density at radius 3 is 1.48 bits per heavy atom. The number of hydrogen-bond acceptors (Lipinski definition) is 11. The summed E-state index contributed by atoms with van der Waals surface area (Å²) < 4.78 is 65.8. The summed E-state index contributed by atoms with van der Waals surface area (Å²) in [5, 5.41) is 12.5. The molecule has 8 rings (SSSR count). The molecule has 1 fully saturated rings. The molecule has 0 aliphatic carbocycles. The molecule has 0 saturated carbocycles. The molecule has 5 atom stereocenters. The lowest BCUT2D eigenvalue weighted by molar-refractivity contribution is -0.275. The first-order valence-corrected chi connectivity index (χ1v) is 22.1. The number of carboxylic acids is 1. The van der Waals surface area contributed by atoms with Crippen molar-refractivity contribution in [3.05, 3.63) is 172 Å². The van der Waals surface area contributed by atoms with Crippen LogP contribution in [0.1, 0.15) is 49.8 Å². The average molecular weight is 909 g/mol. The van der Waals surface area contributed by atoms with Gasteiger partial charge in [-0.15, -0.1) is 0 Å². The first-order valence-electron chi connectivity index (χ1n) is 22.1. The van der Waals surface area contributed by atoms with E-state index in [1.165, 1.54) is 14.2 Å². The Bertz CT molecular complexity index is 2750. The van der Waals surface area contributed by atoms with Crippen LogP contribution in [0.4, 0.5) is 0 Å². The van der Waals surface area contributed by atoms with Crippen LogP contribution in [-0.2, 0) is 50.1 Å². The lowest BCUT2D eigenvalue weighted by Crippen LogP contribution is -2.58. The van der Waals surface area contributed by atoms with Crippen LogP contribution in [0.15, 0.2) is 133 Å². The second-order valence-corrected chi connectivity index (χ2v) is 16.2. The van der Waals surface area contributed by atoms with E-state index in [1.807, 2.05) is 127 Å². The smallest absolute Gasteiger partial charge is 0.339 e. The molecule has 0 aromatic heterocycles. The van der Waals surface area contributed by atoms with Gasteiger partial charge >= 0.3 is 5.97 Å². The van der Waals surface area contributed by atoms with E-state index >= 15 is 0 Å². The van der Waals surface area contributed by atoms with Crippen molar-refractivity contribution in [3.63, 3.8) is 0 Å². The topological polar surface area (TPSA) is 130 Å². The van der Waals surface area contributed by atoms with Crippen LogP contribution < -0.4 is 23.7 Å². The third-order valence-electron chi connectivity index (χ3n) is 12.2. The zero-order valence-electron chi connectivity index (χ0n) is 38.6. The van der Waals surface area contributed by atoms with Crippen molar-refractivity contribution >= 4 is 27.5 Å². The van der Waals surface area contributed by atoms with Gasteiger partial charge in [0.05, 0.1) is 79.4 Å². The van der Waals surface area contributed by atoms with Gasteiger partial charge in [-0.2, -0.15) is 0 Å². The number of fused-ring (bicyclic) bond motifs is 2. The first kappa shape index (κ1) is 46.8. The van der Waals surface area contributed by atoms with Crippen molar-refractivity contribution in [1.82, 2.24) is 0 Å². The van der Waals surface area contributed by atoms with Gasteiger partial charge in [-0.25, -0.2) is 4.79 Å². The minimum atomic E-state index is -1.16. The van der Waals surface area contributed by atoms with Crippen LogP contribution in [-0.4, -0.2) is 77.6 Å². The SMILES string of the molecule is COc1cc2c(OC)c3c(OC)cc(C4O[C@H](COCc5ccccc5)[C@@H](OCc5ccccc5)[C@H](OCc5ccccc5)[C@H]4OCc4ccccc4)c(OC)c3c(OC)c2c(C)c1C(=O)O. The van der Waals surface area contributed by atoms with Crippen LogP contribution >= 0.6 is 0 Å². The maximum atomic E-state index is 12.8. The Kier molecular flexibility index (Phi) is 15.2. The Hall–Kier alpha value is -6.67. The fraction of sp³-hybridized carbons (Fsp3) is 0.291. The highest BCUT2D eigenvalue weighted by atomic mass is 16.6. The zero-order valence-corrected chi connectivity index (χ0v) is 38.6. The molecule has 1 unspecified atom stereocenters. The Morgan fingerprint density at radius 2 is 1.00 bits per heavy atom. The molecule has 12 nitrogen and oxygen atoms in total. The molecule has 0 spiro atoms. The zero-order chi connectivity index (χ0) is 46.9. The standard InChI is InChI=1S/C55H56O12/c1-34-44-39(27-41(58-2)45(34)55(56)57)48(60-4)46-42(59-3)28-40(49(61-5)47(46)52(44)62-6)50-53(65-31-37-23-15-9-16-24-37)54(66-32-38-25-17-10-18-26-38)51(64-30-36-21-13-8-14-22-36)43(67-50)33-63-29-35-19-11-7-12-20-35/h7-28,43,50-51,53-54H,29-33H2,1-6H3,(H,56,57)/t43-,50?,51-,53+,54+/m1/s1. The van der Waals surface area contributed by atoms with Crippen molar-refractivity contribution in [2.45, 2.75) is 63.9 Å². The van der Waals surface area contributed by atoms with E-state index in [9.17, 15) is 9.90 Å². The number of rotatable bonds is 20. The van der Waals surface area contributed by atoms with Gasteiger partial charge in [0, 0.05) is 16.3 Å². The molecular formula is C55H56O12. The lowest BCUT2D eigenvalue weighted by Gasteiger charge is -2.46. The van der Waals surface area contributed by atoms with Gasteiger partial charge < -0.3 is 52.5 Å². The highest BCUT2D eigenvalue weighted by molar-refractivity contribution is 6.18. The number of aromatic carboxylic acids is 1. The first-order chi connectivity index (χ1) is 32.8. The summed E-state index contributed by atoms with van der Waals surface area (Å²) in [5.41, 5.74) is 4.84. The van der Waals surface area contributed by atoms with E-state index in [2.05, 4.69) is 0 Å². The van der Waals surface area contributed by atoms with Gasteiger partial charge in [0.15, 0.2) is 0 Å². The molecule has 1 aliphatic rings. The largest absolute Gasteiger partial charge is 0.496 e. The van der Waals surface area contributed by atoms with Crippen LogP contribution in [0.2, 0.25) is 0 Å². The summed E-state index contributed by atoms with van der Waals surface area (Å²) in [7, 11) is 7.67. The van der Waals surface area contributed by atoms with Gasteiger partial charge in [-0.3, -0.25) is 0 Å². The van der Waals surface area contributed by atoms with Crippen LogP contribution in [0.5, 0.6) is 28.7 Å². The van der Waals surface area contributed by atoms with Crippen LogP contribution in [0.3, 0.4) is 0 Å². The van der Waals surface area contributed by atoms with Crippen LogP contribution in [0.25, 0.3) is 21.5 Å². The highest BCUT2D eigenvalue weighted by Crippen LogP contribution is 2.55. The van der Waals surface area contributed by atoms with Crippen molar-refractivity contribution < 1.29 is 57.3 Å². The molecule has 0 radical (unpaired) electrons. The highest BCUT2D eigenvalue weighted by Gasteiger charge is 2.50. The van der Waals surface area contributed by atoms with Crippen LogP contribution in [0, 0.1) is 6.92 Å². The molecule has 1 aliphatic heterocycles. The summed E-state index contributed by atoms with van der Waals surface area (Å²) in [5.74, 6) is 0.529. The quantitative estimate of drug-likeness (QED) is 0.0731. The van der Waals surface area contributed by atoms with E-state index in [0.29, 0.717) is 62.3 Å². The maximum Gasteiger partial charge on any atom is 0.339 e. The molecule has 7 aromatic rings. The summed E-state index contributed by atoms with van der Waals surface area (Å²) in [6, 6.07) is 43.3. The van der Waals surface area contributed by atoms with Crippen molar-refractivity contribution in [1.29, 1.82) is 0 Å². The number of methoxy groups -OCH3 is 5. The molecule has 0 bridgehead atoms. The molecular weight excluding hydrogens is 853 g/mol. The van der Waals surface area contributed by atoms with Gasteiger partial charge in [0.25, 0.3) is 0 Å². The molecule has 348 valence electrons. The monoisotopic (exact) mass is 908 g/mol. The number of ether oxygens (including phenoxy) is 10. The predicted molar refractivity (Wildman–Crippen MR) is 255 cm³/mol. The molecule has 1 N–H and O–H groups in total. The van der Waals surface area contributed by atoms with E-state index in [0.717, 1.165) is 22.3 Å². The number of aryl methyl sites for hydroxylation is 1. The molecule has 12 heteroatoms. The minimum Gasteiger partial charge on any atom is -0.496 e. The predicted octanol–water partition coefficient (Wildman–Crippen LogP) is 10.5. The number of carbonyl (C=O) groups is 1. The summed E-state index contributed by atoms with van der Waals surface area (Å²) in [6.45, 7) is 2.92. The second-order valence-electron chi connectivity index (χ2n) is 16.2. The fourth-order valence-corrected chi connectivity index (χ4v) is 9.10. The lowest BCUT2D eigenvalue weighted by atomic mass is 9.87. The molecule has 1 saturated heterocycles. The number of hydrogen-bond donors (Lipinski definition) is 1. The van der Waals surface area contributed by atoms with E-state index in [4.69, 9.17) is 47.4 Å². The summed E-state index contributed by atoms with van der Waals surface area (Å²) >= 11 is 0. The summed E-state index contributed by atoms with van der Waals surface area (Å²) in [4.78, 5) is 12.8. The second kappa shape index (κ2) is 21.8. The molecule has 7 aromatic carbocycles. The Balaban J connectivity index is 1.36. The van der Waals surface area contributed by atoms with E-state index in [1.54, 1.807) is 34.3 Å². The molecule has 0 amide bonds. The van der Waals surface area contributed by atoms with Gasteiger partial charge in [0.2, 0.25) is 0 Å². The van der Waals surface area contributed by atoms with E-state index < -0.39 is 36.5 Å². The van der Waals surface area contributed by atoms with Crippen molar-refractivity contribution in [2.75, 3.05) is 42.2 Å².